The van der Waals surface area contributed by atoms with Gasteiger partial charge in [-0.3, -0.25) is 5.43 Å². The van der Waals surface area contributed by atoms with Gasteiger partial charge in [0.05, 0.1) is 18.8 Å². The zero-order valence-corrected chi connectivity index (χ0v) is 12.7. The molecule has 0 spiro atoms. The van der Waals surface area contributed by atoms with Crippen LogP contribution >= 0.6 is 0 Å². The molecule has 1 unspecified atom stereocenters. The van der Waals surface area contributed by atoms with Gasteiger partial charge in [0.25, 0.3) is 0 Å². The SMILES string of the molecule is CC(C)Oc1nc(NN)nc(NCC2CN(C)CCO2)n1. The van der Waals surface area contributed by atoms with E-state index in [1.165, 1.54) is 0 Å². The number of aromatic nitrogens is 3. The molecule has 1 fully saturated rings. The lowest BCUT2D eigenvalue weighted by atomic mass is 10.3. The van der Waals surface area contributed by atoms with Gasteiger partial charge in [-0.25, -0.2) is 5.84 Å². The average Bonchev–Trinajstić information content (AvgIpc) is 2.44. The highest BCUT2D eigenvalue weighted by molar-refractivity contribution is 5.35. The van der Waals surface area contributed by atoms with Crippen LogP contribution in [0.2, 0.25) is 0 Å². The number of anilines is 2. The molecule has 0 amide bonds. The first-order chi connectivity index (χ1) is 10.1. The molecule has 1 saturated heterocycles. The van der Waals surface area contributed by atoms with Crippen LogP contribution in [0.4, 0.5) is 11.9 Å². The predicted molar refractivity (Wildman–Crippen MR) is 79.1 cm³/mol. The summed E-state index contributed by atoms with van der Waals surface area (Å²) >= 11 is 0. The maximum Gasteiger partial charge on any atom is 0.323 e. The molecule has 1 aliphatic heterocycles. The minimum absolute atomic E-state index is 0.0267. The maximum atomic E-state index is 5.67. The van der Waals surface area contributed by atoms with Gasteiger partial charge in [-0.15, -0.1) is 0 Å². The average molecular weight is 297 g/mol. The van der Waals surface area contributed by atoms with E-state index in [2.05, 4.69) is 37.6 Å². The smallest absolute Gasteiger partial charge is 0.323 e. The number of hydrogen-bond acceptors (Lipinski definition) is 9. The largest absolute Gasteiger partial charge is 0.461 e. The number of nitrogens with zero attached hydrogens (tertiary/aromatic N) is 4. The van der Waals surface area contributed by atoms with Gasteiger partial charge >= 0.3 is 6.01 Å². The Bertz CT molecular complexity index is 457. The van der Waals surface area contributed by atoms with Gasteiger partial charge < -0.3 is 19.7 Å². The molecule has 1 aromatic rings. The van der Waals surface area contributed by atoms with E-state index in [4.69, 9.17) is 15.3 Å². The lowest BCUT2D eigenvalue weighted by Gasteiger charge is -2.30. The summed E-state index contributed by atoms with van der Waals surface area (Å²) in [6, 6.07) is 0.233. The standard InChI is InChI=1S/C12H23N7O2/c1-8(2)21-12-16-10(15-11(17-12)18-13)14-6-9-7-19(3)4-5-20-9/h8-9H,4-7,13H2,1-3H3,(H2,14,15,16,17,18). The van der Waals surface area contributed by atoms with Crippen molar-refractivity contribution in [2.45, 2.75) is 26.1 Å². The lowest BCUT2D eigenvalue weighted by Crippen LogP contribution is -2.43. The van der Waals surface area contributed by atoms with Crippen LogP contribution in [0, 0.1) is 0 Å². The minimum atomic E-state index is -0.0267. The van der Waals surface area contributed by atoms with E-state index >= 15 is 0 Å². The number of likely N-dealkylation sites (N-methyl/N-ethyl adjacent to an activating group) is 1. The topological polar surface area (TPSA) is 110 Å². The van der Waals surface area contributed by atoms with Gasteiger partial charge in [-0.2, -0.15) is 15.0 Å². The summed E-state index contributed by atoms with van der Waals surface area (Å²) in [4.78, 5) is 14.6. The van der Waals surface area contributed by atoms with Gasteiger partial charge in [0.2, 0.25) is 11.9 Å². The van der Waals surface area contributed by atoms with E-state index in [9.17, 15) is 0 Å². The number of morpholine rings is 1. The third kappa shape index (κ3) is 4.96. The number of ether oxygens (including phenoxy) is 2. The normalized spacial score (nSPS) is 19.6. The van der Waals surface area contributed by atoms with Crippen molar-refractivity contribution in [1.82, 2.24) is 19.9 Å². The highest BCUT2D eigenvalue weighted by Gasteiger charge is 2.18. The molecular formula is C12H23N7O2. The first-order valence-corrected chi connectivity index (χ1v) is 7.00. The second kappa shape index (κ2) is 7.34. The summed E-state index contributed by atoms with van der Waals surface area (Å²) < 4.78 is 11.1. The van der Waals surface area contributed by atoms with E-state index in [1.807, 2.05) is 13.8 Å². The number of nitrogen functional groups attached to an aromatic ring is 1. The summed E-state index contributed by atoms with van der Waals surface area (Å²) in [6.45, 7) is 6.97. The molecule has 0 aliphatic carbocycles. The Labute approximate surface area is 124 Å². The van der Waals surface area contributed by atoms with Crippen LogP contribution in [0.3, 0.4) is 0 Å². The Morgan fingerprint density at radius 2 is 2.14 bits per heavy atom. The highest BCUT2D eigenvalue weighted by Crippen LogP contribution is 2.12. The molecule has 9 heteroatoms. The van der Waals surface area contributed by atoms with Crippen molar-refractivity contribution in [3.63, 3.8) is 0 Å². The van der Waals surface area contributed by atoms with Crippen molar-refractivity contribution in [2.75, 3.05) is 44.0 Å². The molecule has 4 N–H and O–H groups in total. The lowest BCUT2D eigenvalue weighted by molar-refractivity contribution is -0.0118. The van der Waals surface area contributed by atoms with Gasteiger partial charge in [0.1, 0.15) is 0 Å². The van der Waals surface area contributed by atoms with E-state index in [-0.39, 0.29) is 24.2 Å². The van der Waals surface area contributed by atoms with Crippen LogP contribution in [-0.2, 0) is 4.74 Å². The molecule has 118 valence electrons. The van der Waals surface area contributed by atoms with Crippen molar-refractivity contribution >= 4 is 11.9 Å². The highest BCUT2D eigenvalue weighted by atomic mass is 16.5. The number of hydrogen-bond donors (Lipinski definition) is 3. The molecule has 1 aromatic heterocycles. The predicted octanol–water partition coefficient (Wildman–Crippen LogP) is -0.313. The zero-order chi connectivity index (χ0) is 15.2. The number of rotatable bonds is 6. The van der Waals surface area contributed by atoms with E-state index < -0.39 is 0 Å². The van der Waals surface area contributed by atoms with Gasteiger partial charge in [-0.1, -0.05) is 0 Å². The molecule has 2 rings (SSSR count). The summed E-state index contributed by atoms with van der Waals surface area (Å²) in [5.41, 5.74) is 2.40. The third-order valence-corrected chi connectivity index (χ3v) is 2.91. The summed E-state index contributed by atoms with van der Waals surface area (Å²) in [7, 11) is 2.07. The summed E-state index contributed by atoms with van der Waals surface area (Å²) in [5.74, 6) is 6.02. The Kier molecular flexibility index (Phi) is 5.48. The molecule has 0 bridgehead atoms. The zero-order valence-electron chi connectivity index (χ0n) is 12.7. The quantitative estimate of drug-likeness (QED) is 0.481. The van der Waals surface area contributed by atoms with E-state index in [0.29, 0.717) is 12.5 Å². The van der Waals surface area contributed by atoms with Gasteiger partial charge in [0.15, 0.2) is 0 Å². The number of nitrogens with one attached hydrogen (secondary N) is 2. The second-order valence-electron chi connectivity index (χ2n) is 5.21. The molecule has 0 saturated carbocycles. The Balaban J connectivity index is 1.97. The van der Waals surface area contributed by atoms with Crippen molar-refractivity contribution in [1.29, 1.82) is 0 Å². The first-order valence-electron chi connectivity index (χ1n) is 7.00. The number of hydrazine groups is 1. The van der Waals surface area contributed by atoms with Crippen molar-refractivity contribution in [3.05, 3.63) is 0 Å². The first kappa shape index (κ1) is 15.7. The van der Waals surface area contributed by atoms with E-state index in [0.717, 1.165) is 19.7 Å². The minimum Gasteiger partial charge on any atom is -0.461 e. The van der Waals surface area contributed by atoms with Crippen LogP contribution in [-0.4, -0.2) is 65.3 Å². The molecule has 2 heterocycles. The van der Waals surface area contributed by atoms with E-state index in [1.54, 1.807) is 0 Å². The molecule has 1 atom stereocenters. The molecular weight excluding hydrogens is 274 g/mol. The fourth-order valence-electron chi connectivity index (χ4n) is 1.96. The van der Waals surface area contributed by atoms with Crippen LogP contribution in [0.15, 0.2) is 0 Å². The summed E-state index contributed by atoms with van der Waals surface area (Å²) in [5, 5.41) is 3.13. The van der Waals surface area contributed by atoms with Crippen LogP contribution < -0.4 is 21.3 Å². The molecule has 0 aromatic carbocycles. The Hall–Kier alpha value is -1.71. The van der Waals surface area contributed by atoms with Crippen LogP contribution in [0.25, 0.3) is 0 Å². The second-order valence-corrected chi connectivity index (χ2v) is 5.21. The van der Waals surface area contributed by atoms with Gasteiger partial charge in [-0.05, 0) is 20.9 Å². The van der Waals surface area contributed by atoms with Crippen LogP contribution in [0.1, 0.15) is 13.8 Å². The Morgan fingerprint density at radius 1 is 1.38 bits per heavy atom. The van der Waals surface area contributed by atoms with Crippen molar-refractivity contribution in [2.24, 2.45) is 5.84 Å². The monoisotopic (exact) mass is 297 g/mol. The Morgan fingerprint density at radius 3 is 2.81 bits per heavy atom. The fourth-order valence-corrected chi connectivity index (χ4v) is 1.96. The molecule has 21 heavy (non-hydrogen) atoms. The fraction of sp³-hybridized carbons (Fsp3) is 0.750. The van der Waals surface area contributed by atoms with Crippen molar-refractivity contribution < 1.29 is 9.47 Å². The third-order valence-electron chi connectivity index (χ3n) is 2.91. The molecule has 9 nitrogen and oxygen atoms in total. The van der Waals surface area contributed by atoms with Gasteiger partial charge in [0, 0.05) is 19.6 Å². The molecule has 0 radical (unpaired) electrons. The summed E-state index contributed by atoms with van der Waals surface area (Å²) in [6.07, 6.45) is 0.0745. The molecule has 1 aliphatic rings. The maximum absolute atomic E-state index is 5.67. The number of nitrogens with two attached hydrogens (primary N) is 1. The van der Waals surface area contributed by atoms with Crippen molar-refractivity contribution in [3.8, 4) is 6.01 Å². The van der Waals surface area contributed by atoms with Crippen LogP contribution in [0.5, 0.6) is 6.01 Å².